The average Bonchev–Trinajstić information content (AvgIpc) is 2.71. The average molecular weight is 222 g/mol. The molecule has 5 heteroatoms. The molecule has 0 aliphatic carbocycles. The van der Waals surface area contributed by atoms with Crippen molar-refractivity contribution in [3.63, 3.8) is 0 Å². The van der Waals surface area contributed by atoms with Crippen molar-refractivity contribution < 1.29 is 0 Å². The fourth-order valence-corrected chi connectivity index (χ4v) is 2.80. The summed E-state index contributed by atoms with van der Waals surface area (Å²) in [5.41, 5.74) is 9.63. The lowest BCUT2D eigenvalue weighted by Gasteiger charge is -2.26. The van der Waals surface area contributed by atoms with Gasteiger partial charge in [-0.2, -0.15) is 0 Å². The van der Waals surface area contributed by atoms with Crippen LogP contribution in [-0.2, 0) is 13.0 Å². The van der Waals surface area contributed by atoms with Crippen LogP contribution >= 0.6 is 11.3 Å². The van der Waals surface area contributed by atoms with Crippen molar-refractivity contribution in [2.45, 2.75) is 19.4 Å². The van der Waals surface area contributed by atoms with E-state index in [0.717, 1.165) is 26.1 Å². The molecule has 0 radical (unpaired) electrons. The zero-order valence-corrected chi connectivity index (χ0v) is 9.41. The van der Waals surface area contributed by atoms with Crippen LogP contribution in [0.15, 0.2) is 16.6 Å². The molecular formula is C10H14N4S. The van der Waals surface area contributed by atoms with E-state index in [1.54, 1.807) is 4.88 Å². The highest BCUT2D eigenvalue weighted by Gasteiger charge is 2.15. The molecule has 80 valence electrons. The fourth-order valence-electron chi connectivity index (χ4n) is 1.91. The third-order valence-electron chi connectivity index (χ3n) is 2.68. The maximum Gasteiger partial charge on any atom is 0.0270 e. The van der Waals surface area contributed by atoms with E-state index >= 15 is 0 Å². The van der Waals surface area contributed by atoms with Crippen LogP contribution < -0.4 is 0 Å². The molecule has 4 nitrogen and oxygen atoms in total. The van der Waals surface area contributed by atoms with Crippen LogP contribution in [0, 0.1) is 0 Å². The van der Waals surface area contributed by atoms with Crippen molar-refractivity contribution in [1.82, 2.24) is 4.90 Å². The van der Waals surface area contributed by atoms with Crippen LogP contribution in [0.1, 0.15) is 16.9 Å². The molecule has 1 aliphatic rings. The van der Waals surface area contributed by atoms with E-state index in [2.05, 4.69) is 26.4 Å². The lowest BCUT2D eigenvalue weighted by molar-refractivity contribution is 0.254. The van der Waals surface area contributed by atoms with Crippen LogP contribution in [0.3, 0.4) is 0 Å². The van der Waals surface area contributed by atoms with E-state index in [9.17, 15) is 0 Å². The van der Waals surface area contributed by atoms with Gasteiger partial charge in [-0.3, -0.25) is 4.90 Å². The van der Waals surface area contributed by atoms with Crippen LogP contribution in [0.25, 0.3) is 10.4 Å². The Hall–Kier alpha value is -1.03. The highest BCUT2D eigenvalue weighted by molar-refractivity contribution is 7.10. The first-order chi connectivity index (χ1) is 7.40. The Balaban J connectivity index is 1.80. The predicted molar refractivity (Wildman–Crippen MR) is 61.9 cm³/mol. The summed E-state index contributed by atoms with van der Waals surface area (Å²) < 4.78 is 0. The monoisotopic (exact) mass is 222 g/mol. The fraction of sp³-hybridized carbons (Fsp3) is 0.600. The minimum absolute atomic E-state index is 0.615. The number of hydrogen-bond acceptors (Lipinski definition) is 3. The summed E-state index contributed by atoms with van der Waals surface area (Å²) in [6, 6.07) is 2.22. The molecule has 0 amide bonds. The number of nitrogens with zero attached hydrogens (tertiary/aromatic N) is 4. The van der Waals surface area contributed by atoms with E-state index < -0.39 is 0 Å². The quantitative estimate of drug-likeness (QED) is 0.334. The van der Waals surface area contributed by atoms with Crippen molar-refractivity contribution in [1.29, 1.82) is 0 Å². The van der Waals surface area contributed by atoms with Crippen LogP contribution in [0.4, 0.5) is 0 Å². The molecule has 0 aromatic carbocycles. The van der Waals surface area contributed by atoms with Crippen molar-refractivity contribution in [2.24, 2.45) is 5.11 Å². The van der Waals surface area contributed by atoms with Crippen LogP contribution in [-0.4, -0.2) is 24.5 Å². The molecule has 1 aromatic heterocycles. The van der Waals surface area contributed by atoms with Gasteiger partial charge < -0.3 is 0 Å². The van der Waals surface area contributed by atoms with E-state index in [-0.39, 0.29) is 0 Å². The molecule has 0 N–H and O–H groups in total. The summed E-state index contributed by atoms with van der Waals surface area (Å²) in [5.74, 6) is 0. The molecule has 2 rings (SSSR count). The first-order valence-corrected chi connectivity index (χ1v) is 6.06. The highest BCUT2D eigenvalue weighted by Crippen LogP contribution is 2.23. The number of fused-ring (bicyclic) bond motifs is 1. The predicted octanol–water partition coefficient (Wildman–Crippen LogP) is 2.81. The number of hydrogen-bond donors (Lipinski definition) is 0. The molecule has 0 saturated heterocycles. The highest BCUT2D eigenvalue weighted by atomic mass is 32.1. The third kappa shape index (κ3) is 2.72. The maximum absolute atomic E-state index is 8.15. The Morgan fingerprint density at radius 1 is 1.60 bits per heavy atom. The first-order valence-electron chi connectivity index (χ1n) is 5.18. The largest absolute Gasteiger partial charge is 0.299 e. The molecule has 2 heterocycles. The Labute approximate surface area is 93.1 Å². The van der Waals surface area contributed by atoms with Crippen molar-refractivity contribution >= 4 is 11.3 Å². The Bertz CT molecular complexity index is 367. The third-order valence-corrected chi connectivity index (χ3v) is 3.71. The second kappa shape index (κ2) is 5.16. The van der Waals surface area contributed by atoms with Crippen molar-refractivity contribution in [3.8, 4) is 0 Å². The van der Waals surface area contributed by atoms with Crippen molar-refractivity contribution in [3.05, 3.63) is 32.3 Å². The number of azide groups is 1. The van der Waals surface area contributed by atoms with Gasteiger partial charge in [0.15, 0.2) is 0 Å². The van der Waals surface area contributed by atoms with E-state index in [1.807, 2.05) is 11.3 Å². The SMILES string of the molecule is [N-]=[N+]=NCCCN1CCc2sccc2C1. The second-order valence-electron chi connectivity index (χ2n) is 3.70. The summed E-state index contributed by atoms with van der Waals surface area (Å²) in [5, 5.41) is 5.72. The van der Waals surface area contributed by atoms with Gasteiger partial charge in [0.05, 0.1) is 0 Å². The standard InChI is InChI=1S/C10H14N4S/c11-13-12-4-1-5-14-6-2-10-9(8-14)3-7-15-10/h3,7H,1-2,4-6,8H2. The molecule has 0 spiro atoms. The Morgan fingerprint density at radius 2 is 2.53 bits per heavy atom. The zero-order valence-electron chi connectivity index (χ0n) is 8.59. The first kappa shape index (κ1) is 10.5. The number of thiophene rings is 1. The number of rotatable bonds is 4. The Morgan fingerprint density at radius 3 is 3.40 bits per heavy atom. The van der Waals surface area contributed by atoms with Crippen LogP contribution in [0.2, 0.25) is 0 Å². The minimum Gasteiger partial charge on any atom is -0.299 e. The molecular weight excluding hydrogens is 208 g/mol. The van der Waals surface area contributed by atoms with E-state index in [4.69, 9.17) is 5.53 Å². The molecule has 1 aliphatic heterocycles. The van der Waals surface area contributed by atoms with Gasteiger partial charge in [-0.15, -0.1) is 11.3 Å². The molecule has 0 fully saturated rings. The molecule has 0 saturated carbocycles. The summed E-state index contributed by atoms with van der Waals surface area (Å²) >= 11 is 1.87. The van der Waals surface area contributed by atoms with Gasteiger partial charge in [-0.25, -0.2) is 0 Å². The Kier molecular flexibility index (Phi) is 3.61. The lowest BCUT2D eigenvalue weighted by Crippen LogP contribution is -2.30. The van der Waals surface area contributed by atoms with Gasteiger partial charge in [0, 0.05) is 29.4 Å². The lowest BCUT2D eigenvalue weighted by atomic mass is 10.1. The summed E-state index contributed by atoms with van der Waals surface area (Å²) in [6.07, 6.45) is 2.14. The minimum atomic E-state index is 0.615. The summed E-state index contributed by atoms with van der Waals surface area (Å²) in [7, 11) is 0. The van der Waals surface area contributed by atoms with Gasteiger partial charge in [0.2, 0.25) is 0 Å². The summed E-state index contributed by atoms with van der Waals surface area (Å²) in [6.45, 7) is 3.86. The van der Waals surface area contributed by atoms with Crippen molar-refractivity contribution in [2.75, 3.05) is 19.6 Å². The van der Waals surface area contributed by atoms with Gasteiger partial charge in [0.25, 0.3) is 0 Å². The summed E-state index contributed by atoms with van der Waals surface area (Å²) in [4.78, 5) is 6.73. The van der Waals surface area contributed by atoms with E-state index in [1.165, 1.54) is 12.0 Å². The van der Waals surface area contributed by atoms with Gasteiger partial charge in [0.1, 0.15) is 0 Å². The smallest absolute Gasteiger partial charge is 0.0270 e. The molecule has 0 unspecified atom stereocenters. The molecule has 15 heavy (non-hydrogen) atoms. The topological polar surface area (TPSA) is 52.0 Å². The molecule has 0 atom stereocenters. The maximum atomic E-state index is 8.15. The molecule has 0 bridgehead atoms. The van der Waals surface area contributed by atoms with Gasteiger partial charge in [-0.05, 0) is 41.9 Å². The second-order valence-corrected chi connectivity index (χ2v) is 4.70. The van der Waals surface area contributed by atoms with Crippen LogP contribution in [0.5, 0.6) is 0 Å². The van der Waals surface area contributed by atoms with Gasteiger partial charge in [-0.1, -0.05) is 5.11 Å². The molecule has 1 aromatic rings. The normalized spacial score (nSPS) is 15.7. The van der Waals surface area contributed by atoms with Gasteiger partial charge >= 0.3 is 0 Å². The zero-order chi connectivity index (χ0) is 10.5. The van der Waals surface area contributed by atoms with E-state index in [0.29, 0.717) is 6.54 Å².